The van der Waals surface area contributed by atoms with Gasteiger partial charge in [0.2, 0.25) is 0 Å². The quantitative estimate of drug-likeness (QED) is 0.773. The maximum Gasteiger partial charge on any atom is 0.165 e. The van der Waals surface area contributed by atoms with Crippen LogP contribution in [0.2, 0.25) is 0 Å². The lowest BCUT2D eigenvalue weighted by molar-refractivity contribution is 0.432. The van der Waals surface area contributed by atoms with E-state index in [0.717, 1.165) is 17.1 Å². The van der Waals surface area contributed by atoms with E-state index in [-0.39, 0.29) is 5.75 Å². The highest BCUT2D eigenvalue weighted by Crippen LogP contribution is 2.17. The van der Waals surface area contributed by atoms with E-state index < -0.39 is 5.82 Å². The predicted octanol–water partition coefficient (Wildman–Crippen LogP) is 2.72. The van der Waals surface area contributed by atoms with Gasteiger partial charge in [0.25, 0.3) is 0 Å². The Balaban J connectivity index is 1.66. The Kier molecular flexibility index (Phi) is 3.51. The Hall–Kier alpha value is -2.89. The largest absolute Gasteiger partial charge is 0.505 e. The number of aromatic nitrogens is 3. The summed E-state index contributed by atoms with van der Waals surface area (Å²) in [4.78, 5) is 8.28. The summed E-state index contributed by atoms with van der Waals surface area (Å²) in [7, 11) is 0. The molecule has 3 rings (SSSR count). The molecule has 0 radical (unpaired) electrons. The number of pyridine rings is 1. The molecule has 0 spiro atoms. The second kappa shape index (κ2) is 5.62. The van der Waals surface area contributed by atoms with Crippen LogP contribution in [0.5, 0.6) is 5.75 Å². The molecule has 0 saturated carbocycles. The fourth-order valence-electron chi connectivity index (χ4n) is 1.90. The molecule has 5 nitrogen and oxygen atoms in total. The molecule has 0 fully saturated rings. The van der Waals surface area contributed by atoms with Gasteiger partial charge in [-0.25, -0.2) is 14.4 Å². The van der Waals surface area contributed by atoms with E-state index in [1.54, 1.807) is 29.4 Å². The van der Waals surface area contributed by atoms with E-state index in [9.17, 15) is 4.39 Å². The first-order chi connectivity index (χ1) is 10.2. The number of nitrogens with zero attached hydrogens (tertiary/aromatic N) is 3. The second-order valence-corrected chi connectivity index (χ2v) is 4.51. The number of aromatic hydroxyl groups is 1. The van der Waals surface area contributed by atoms with Crippen molar-refractivity contribution in [2.75, 3.05) is 5.32 Å². The SMILES string of the molecule is Oc1ccc(CNc2ccc(-n3ccnc3)nc2)cc1F. The molecule has 1 aromatic carbocycles. The van der Waals surface area contributed by atoms with E-state index in [0.29, 0.717) is 6.54 Å². The number of halogens is 1. The molecule has 0 bridgehead atoms. The number of rotatable bonds is 4. The molecule has 0 saturated heterocycles. The molecule has 2 N–H and O–H groups in total. The van der Waals surface area contributed by atoms with Crippen molar-refractivity contribution in [2.45, 2.75) is 6.54 Å². The fraction of sp³-hybridized carbons (Fsp3) is 0.0667. The Bertz CT molecular complexity index is 726. The first-order valence-electron chi connectivity index (χ1n) is 6.38. The van der Waals surface area contributed by atoms with Crippen LogP contribution in [-0.4, -0.2) is 19.6 Å². The molecule has 0 amide bonds. The molecule has 2 heterocycles. The van der Waals surface area contributed by atoms with E-state index >= 15 is 0 Å². The lowest BCUT2D eigenvalue weighted by Gasteiger charge is -2.08. The van der Waals surface area contributed by atoms with Crippen molar-refractivity contribution in [3.63, 3.8) is 0 Å². The van der Waals surface area contributed by atoms with Gasteiger partial charge >= 0.3 is 0 Å². The molecule has 106 valence electrons. The number of benzene rings is 1. The van der Waals surface area contributed by atoms with Gasteiger partial charge < -0.3 is 10.4 Å². The minimum Gasteiger partial charge on any atom is -0.505 e. The zero-order valence-corrected chi connectivity index (χ0v) is 11.1. The maximum absolute atomic E-state index is 13.2. The molecule has 0 unspecified atom stereocenters. The lowest BCUT2D eigenvalue weighted by atomic mass is 10.2. The Morgan fingerprint density at radius 3 is 2.81 bits per heavy atom. The van der Waals surface area contributed by atoms with Crippen LogP contribution in [0.15, 0.2) is 55.2 Å². The van der Waals surface area contributed by atoms with Gasteiger partial charge in [-0.05, 0) is 29.8 Å². The van der Waals surface area contributed by atoms with Crippen LogP contribution < -0.4 is 5.32 Å². The molecule has 0 atom stereocenters. The molecule has 6 heteroatoms. The minimum atomic E-state index is -0.622. The Labute approximate surface area is 120 Å². The van der Waals surface area contributed by atoms with Crippen LogP contribution >= 0.6 is 0 Å². The summed E-state index contributed by atoms with van der Waals surface area (Å²) in [6.07, 6.45) is 6.88. The van der Waals surface area contributed by atoms with E-state index in [4.69, 9.17) is 5.11 Å². The fourth-order valence-corrected chi connectivity index (χ4v) is 1.90. The van der Waals surface area contributed by atoms with Gasteiger partial charge in [0.15, 0.2) is 11.6 Å². The van der Waals surface area contributed by atoms with Crippen LogP contribution in [0.4, 0.5) is 10.1 Å². The highest BCUT2D eigenvalue weighted by atomic mass is 19.1. The normalized spacial score (nSPS) is 10.5. The molecular weight excluding hydrogens is 271 g/mol. The van der Waals surface area contributed by atoms with E-state index in [1.165, 1.54) is 12.1 Å². The average Bonchev–Trinajstić information content (AvgIpc) is 3.03. The smallest absolute Gasteiger partial charge is 0.165 e. The van der Waals surface area contributed by atoms with Crippen molar-refractivity contribution >= 4 is 5.69 Å². The summed E-state index contributed by atoms with van der Waals surface area (Å²) in [5.74, 6) is -0.193. The lowest BCUT2D eigenvalue weighted by Crippen LogP contribution is -2.01. The predicted molar refractivity (Wildman–Crippen MR) is 76.8 cm³/mol. The van der Waals surface area contributed by atoms with Crippen molar-refractivity contribution in [1.29, 1.82) is 0 Å². The van der Waals surface area contributed by atoms with Crippen LogP contribution in [-0.2, 0) is 6.54 Å². The van der Waals surface area contributed by atoms with Crippen LogP contribution in [0, 0.1) is 5.82 Å². The number of hydrogen-bond donors (Lipinski definition) is 2. The maximum atomic E-state index is 13.2. The number of imidazole rings is 1. The third kappa shape index (κ3) is 3.00. The van der Waals surface area contributed by atoms with Crippen molar-refractivity contribution in [3.8, 4) is 11.6 Å². The summed E-state index contributed by atoms with van der Waals surface area (Å²) in [5.41, 5.74) is 1.57. The van der Waals surface area contributed by atoms with Crippen LogP contribution in [0.25, 0.3) is 5.82 Å². The number of nitrogens with one attached hydrogen (secondary N) is 1. The van der Waals surface area contributed by atoms with Gasteiger partial charge in [-0.3, -0.25) is 4.57 Å². The standard InChI is InChI=1S/C15H13FN4O/c16-13-7-11(1-3-14(13)21)8-18-12-2-4-15(19-9-12)20-6-5-17-10-20/h1-7,9-10,18,21H,8H2. The third-order valence-electron chi connectivity index (χ3n) is 3.03. The summed E-state index contributed by atoms with van der Waals surface area (Å²) in [5, 5.41) is 12.3. The molecule has 0 aliphatic carbocycles. The highest BCUT2D eigenvalue weighted by molar-refractivity contribution is 5.44. The van der Waals surface area contributed by atoms with Gasteiger partial charge in [0, 0.05) is 18.9 Å². The van der Waals surface area contributed by atoms with Crippen molar-refractivity contribution in [1.82, 2.24) is 14.5 Å². The van der Waals surface area contributed by atoms with Crippen LogP contribution in [0.1, 0.15) is 5.56 Å². The molecule has 0 aliphatic heterocycles. The van der Waals surface area contributed by atoms with Gasteiger partial charge in [-0.15, -0.1) is 0 Å². The van der Waals surface area contributed by atoms with Gasteiger partial charge in [0.05, 0.1) is 11.9 Å². The number of hydrogen-bond acceptors (Lipinski definition) is 4. The summed E-state index contributed by atoms with van der Waals surface area (Å²) < 4.78 is 15.0. The van der Waals surface area contributed by atoms with Crippen molar-refractivity contribution < 1.29 is 9.50 Å². The second-order valence-electron chi connectivity index (χ2n) is 4.51. The highest BCUT2D eigenvalue weighted by Gasteiger charge is 2.02. The topological polar surface area (TPSA) is 63.0 Å². The number of phenolic OH excluding ortho intramolecular Hbond substituents is 1. The molecule has 3 aromatic rings. The molecular formula is C15H13FN4O. The number of anilines is 1. The zero-order valence-electron chi connectivity index (χ0n) is 11.1. The Morgan fingerprint density at radius 1 is 1.24 bits per heavy atom. The number of phenols is 1. The monoisotopic (exact) mass is 284 g/mol. The molecule has 0 aliphatic rings. The summed E-state index contributed by atoms with van der Waals surface area (Å²) in [6.45, 7) is 0.448. The van der Waals surface area contributed by atoms with Gasteiger partial charge in [-0.1, -0.05) is 6.07 Å². The first kappa shape index (κ1) is 13.1. The van der Waals surface area contributed by atoms with Gasteiger partial charge in [0.1, 0.15) is 12.1 Å². The minimum absolute atomic E-state index is 0.342. The first-order valence-corrected chi connectivity index (χ1v) is 6.38. The average molecular weight is 284 g/mol. The molecule has 21 heavy (non-hydrogen) atoms. The van der Waals surface area contributed by atoms with Crippen molar-refractivity contribution in [3.05, 3.63) is 66.6 Å². The van der Waals surface area contributed by atoms with Gasteiger partial charge in [-0.2, -0.15) is 0 Å². The van der Waals surface area contributed by atoms with E-state index in [2.05, 4.69) is 15.3 Å². The molecule has 2 aromatic heterocycles. The van der Waals surface area contributed by atoms with E-state index in [1.807, 2.05) is 18.3 Å². The van der Waals surface area contributed by atoms with Crippen LogP contribution in [0.3, 0.4) is 0 Å². The third-order valence-corrected chi connectivity index (χ3v) is 3.03. The van der Waals surface area contributed by atoms with Crippen molar-refractivity contribution in [2.24, 2.45) is 0 Å². The summed E-state index contributed by atoms with van der Waals surface area (Å²) in [6, 6.07) is 8.06. The zero-order chi connectivity index (χ0) is 14.7. The Morgan fingerprint density at radius 2 is 2.14 bits per heavy atom. The summed E-state index contributed by atoms with van der Waals surface area (Å²) >= 11 is 0.